The zero-order valence-corrected chi connectivity index (χ0v) is 12.8. The van der Waals surface area contributed by atoms with Crippen LogP contribution in [0, 0.1) is 10.5 Å². The van der Waals surface area contributed by atoms with E-state index in [0.29, 0.717) is 25.2 Å². The van der Waals surface area contributed by atoms with Crippen LogP contribution in [-0.2, 0) is 4.79 Å². The van der Waals surface area contributed by atoms with Crippen LogP contribution in [0.5, 0.6) is 0 Å². The summed E-state index contributed by atoms with van der Waals surface area (Å²) in [5, 5.41) is 3.08. The lowest BCUT2D eigenvalue weighted by Crippen LogP contribution is -2.58. The molecular formula is C13H16IN3O2. The molecule has 2 amide bonds. The highest BCUT2D eigenvalue weighted by Crippen LogP contribution is 2.20. The molecule has 19 heavy (non-hydrogen) atoms. The molecule has 0 saturated carbocycles. The first kappa shape index (κ1) is 14.3. The van der Waals surface area contributed by atoms with E-state index >= 15 is 0 Å². The van der Waals surface area contributed by atoms with Gasteiger partial charge < -0.3 is 16.0 Å². The van der Waals surface area contributed by atoms with Crippen LogP contribution in [0.4, 0.5) is 0 Å². The van der Waals surface area contributed by atoms with Gasteiger partial charge in [0, 0.05) is 23.2 Å². The number of carbonyl (C=O) groups is 2. The summed E-state index contributed by atoms with van der Waals surface area (Å²) in [4.78, 5) is 25.6. The van der Waals surface area contributed by atoms with Crippen molar-refractivity contribution in [1.82, 2.24) is 10.2 Å². The van der Waals surface area contributed by atoms with Gasteiger partial charge in [-0.05, 0) is 41.1 Å². The van der Waals surface area contributed by atoms with Crippen LogP contribution in [0.2, 0.25) is 0 Å². The van der Waals surface area contributed by atoms with Gasteiger partial charge in [-0.1, -0.05) is 12.1 Å². The van der Waals surface area contributed by atoms with Crippen molar-refractivity contribution >= 4 is 34.4 Å². The Hall–Kier alpha value is -1.15. The SMILES string of the molecule is Cc1cccc(C(=O)N2CCNCC2C(N)=O)c1I. The number of aryl methyl sites for hydroxylation is 1. The lowest BCUT2D eigenvalue weighted by Gasteiger charge is -2.34. The first-order chi connectivity index (χ1) is 9.02. The number of amides is 2. The topological polar surface area (TPSA) is 75.4 Å². The van der Waals surface area contributed by atoms with Crippen LogP contribution in [0.3, 0.4) is 0 Å². The monoisotopic (exact) mass is 373 g/mol. The Morgan fingerprint density at radius 2 is 2.21 bits per heavy atom. The molecule has 1 aliphatic heterocycles. The fourth-order valence-corrected chi connectivity index (χ4v) is 2.76. The van der Waals surface area contributed by atoms with E-state index in [-0.39, 0.29) is 5.91 Å². The second kappa shape index (κ2) is 5.87. The number of nitrogens with one attached hydrogen (secondary N) is 1. The van der Waals surface area contributed by atoms with Crippen molar-refractivity contribution in [1.29, 1.82) is 0 Å². The molecule has 102 valence electrons. The molecule has 1 fully saturated rings. The molecule has 1 saturated heterocycles. The zero-order valence-electron chi connectivity index (χ0n) is 10.6. The van der Waals surface area contributed by atoms with Crippen LogP contribution in [0.25, 0.3) is 0 Å². The fourth-order valence-electron chi connectivity index (χ4n) is 2.17. The number of hydrogen-bond acceptors (Lipinski definition) is 3. The van der Waals surface area contributed by atoms with Gasteiger partial charge in [-0.3, -0.25) is 9.59 Å². The zero-order chi connectivity index (χ0) is 14.0. The van der Waals surface area contributed by atoms with Crippen molar-refractivity contribution in [2.75, 3.05) is 19.6 Å². The summed E-state index contributed by atoms with van der Waals surface area (Å²) in [5.74, 6) is -0.596. The number of halogens is 1. The standard InChI is InChI=1S/C13H16IN3O2/c1-8-3-2-4-9(11(8)14)13(19)17-6-5-16-7-10(17)12(15)18/h2-4,10,16H,5-7H2,1H3,(H2,15,18). The number of piperazine rings is 1. The number of nitrogens with zero attached hydrogens (tertiary/aromatic N) is 1. The van der Waals surface area contributed by atoms with Gasteiger partial charge in [0.15, 0.2) is 0 Å². The second-order valence-electron chi connectivity index (χ2n) is 4.56. The normalized spacial score (nSPS) is 19.3. The molecule has 1 aromatic carbocycles. The summed E-state index contributed by atoms with van der Waals surface area (Å²) in [6, 6.07) is 5.03. The van der Waals surface area contributed by atoms with E-state index in [1.807, 2.05) is 19.1 Å². The van der Waals surface area contributed by atoms with Crippen LogP contribution in [-0.4, -0.2) is 42.4 Å². The summed E-state index contributed by atoms with van der Waals surface area (Å²) in [5.41, 5.74) is 7.05. The Kier molecular flexibility index (Phi) is 4.41. The van der Waals surface area contributed by atoms with Gasteiger partial charge in [0.05, 0.1) is 5.56 Å². The van der Waals surface area contributed by atoms with Gasteiger partial charge >= 0.3 is 0 Å². The van der Waals surface area contributed by atoms with E-state index in [9.17, 15) is 9.59 Å². The van der Waals surface area contributed by atoms with Crippen molar-refractivity contribution in [3.05, 3.63) is 32.9 Å². The molecule has 2 rings (SSSR count). The highest BCUT2D eigenvalue weighted by molar-refractivity contribution is 14.1. The van der Waals surface area contributed by atoms with Crippen molar-refractivity contribution in [2.24, 2.45) is 5.73 Å². The Balaban J connectivity index is 2.31. The number of hydrogen-bond donors (Lipinski definition) is 2. The number of primary amides is 1. The fraction of sp³-hybridized carbons (Fsp3) is 0.385. The van der Waals surface area contributed by atoms with Gasteiger partial charge in [0.1, 0.15) is 6.04 Å². The van der Waals surface area contributed by atoms with E-state index < -0.39 is 11.9 Å². The van der Waals surface area contributed by atoms with Gasteiger partial charge in [-0.25, -0.2) is 0 Å². The van der Waals surface area contributed by atoms with Gasteiger partial charge in [0.2, 0.25) is 5.91 Å². The maximum Gasteiger partial charge on any atom is 0.255 e. The summed E-state index contributed by atoms with van der Waals surface area (Å²) >= 11 is 2.16. The average Bonchev–Trinajstić information content (AvgIpc) is 2.41. The van der Waals surface area contributed by atoms with E-state index in [4.69, 9.17) is 5.73 Å². The molecule has 0 aliphatic carbocycles. The number of rotatable bonds is 2. The molecule has 0 bridgehead atoms. The largest absolute Gasteiger partial charge is 0.368 e. The highest BCUT2D eigenvalue weighted by Gasteiger charge is 2.31. The van der Waals surface area contributed by atoms with Crippen LogP contribution in [0.1, 0.15) is 15.9 Å². The Labute approximate surface area is 125 Å². The predicted octanol–water partition coefficient (Wildman–Crippen LogP) is 0.499. The smallest absolute Gasteiger partial charge is 0.255 e. The molecule has 1 heterocycles. The lowest BCUT2D eigenvalue weighted by molar-refractivity contribution is -0.122. The number of nitrogens with two attached hydrogens (primary N) is 1. The second-order valence-corrected chi connectivity index (χ2v) is 5.64. The number of benzene rings is 1. The molecule has 0 spiro atoms. The molecular weight excluding hydrogens is 357 g/mol. The number of carbonyl (C=O) groups excluding carboxylic acids is 2. The summed E-state index contributed by atoms with van der Waals surface area (Å²) < 4.78 is 0.923. The van der Waals surface area contributed by atoms with Crippen molar-refractivity contribution in [3.63, 3.8) is 0 Å². The molecule has 1 atom stereocenters. The average molecular weight is 373 g/mol. The van der Waals surface area contributed by atoms with E-state index in [0.717, 1.165) is 9.13 Å². The summed E-state index contributed by atoms with van der Waals surface area (Å²) in [6.45, 7) is 3.56. The Morgan fingerprint density at radius 3 is 2.89 bits per heavy atom. The minimum Gasteiger partial charge on any atom is -0.368 e. The molecule has 3 N–H and O–H groups in total. The maximum absolute atomic E-state index is 12.6. The molecule has 1 unspecified atom stereocenters. The molecule has 6 heteroatoms. The Bertz CT molecular complexity index is 519. The molecule has 0 radical (unpaired) electrons. The maximum atomic E-state index is 12.6. The first-order valence-electron chi connectivity index (χ1n) is 6.08. The highest BCUT2D eigenvalue weighted by atomic mass is 127. The van der Waals surface area contributed by atoms with E-state index in [1.54, 1.807) is 11.0 Å². The molecule has 1 aliphatic rings. The Morgan fingerprint density at radius 1 is 1.47 bits per heavy atom. The summed E-state index contributed by atoms with van der Waals surface area (Å²) in [7, 11) is 0. The van der Waals surface area contributed by atoms with Crippen LogP contribution < -0.4 is 11.1 Å². The van der Waals surface area contributed by atoms with Crippen molar-refractivity contribution in [2.45, 2.75) is 13.0 Å². The summed E-state index contributed by atoms with van der Waals surface area (Å²) in [6.07, 6.45) is 0. The predicted molar refractivity (Wildman–Crippen MR) is 80.8 cm³/mol. The van der Waals surface area contributed by atoms with Crippen molar-refractivity contribution in [3.8, 4) is 0 Å². The van der Waals surface area contributed by atoms with E-state index in [2.05, 4.69) is 27.9 Å². The van der Waals surface area contributed by atoms with Crippen LogP contribution >= 0.6 is 22.6 Å². The minimum atomic E-state index is -0.572. The van der Waals surface area contributed by atoms with Gasteiger partial charge in [-0.15, -0.1) is 0 Å². The molecule has 5 nitrogen and oxygen atoms in total. The minimum absolute atomic E-state index is 0.126. The molecule has 1 aromatic rings. The lowest BCUT2D eigenvalue weighted by atomic mass is 10.1. The van der Waals surface area contributed by atoms with Crippen molar-refractivity contribution < 1.29 is 9.59 Å². The van der Waals surface area contributed by atoms with Crippen LogP contribution in [0.15, 0.2) is 18.2 Å². The van der Waals surface area contributed by atoms with Gasteiger partial charge in [0.25, 0.3) is 5.91 Å². The van der Waals surface area contributed by atoms with E-state index in [1.165, 1.54) is 0 Å². The molecule has 0 aromatic heterocycles. The third-order valence-electron chi connectivity index (χ3n) is 3.25. The third-order valence-corrected chi connectivity index (χ3v) is 4.69. The first-order valence-corrected chi connectivity index (χ1v) is 7.16. The van der Waals surface area contributed by atoms with Gasteiger partial charge in [-0.2, -0.15) is 0 Å². The quantitative estimate of drug-likeness (QED) is 0.742. The third kappa shape index (κ3) is 2.89.